The predicted octanol–water partition coefficient (Wildman–Crippen LogP) is 15.8. The summed E-state index contributed by atoms with van der Waals surface area (Å²) in [5, 5.41) is 4.96. The maximum atomic E-state index is 2.48. The molecule has 0 saturated carbocycles. The molecule has 0 saturated heterocycles. The summed E-state index contributed by atoms with van der Waals surface area (Å²) in [6.07, 6.45) is 0. The molecule has 0 amide bonds. The van der Waals surface area contributed by atoms with Crippen LogP contribution in [-0.4, -0.2) is 0 Å². The molecule has 1 atom stereocenters. The van der Waals surface area contributed by atoms with Crippen LogP contribution in [0.15, 0.2) is 231 Å². The Morgan fingerprint density at radius 1 is 0.322 bits per heavy atom. The second kappa shape index (κ2) is 14.2. The van der Waals surface area contributed by atoms with E-state index in [0.717, 1.165) is 17.1 Å². The van der Waals surface area contributed by atoms with Crippen molar-refractivity contribution >= 4 is 38.6 Å². The standard InChI is InChI=1S/C58H41N/c1-58(43-26-12-5-13-27-43)53-32-18-16-30-49(53)51-38-45(35-37-54(51)58)59(55-33-19-17-28-46(55)40-20-6-2-7-21-40)44-34-36-48-47-29-14-15-31-50(47)56(41-22-8-3-9-23-41)57(52(48)39-44)42-24-10-4-11-25-42/h2-39H,1H3. The SMILES string of the molecule is CC1(c2ccccc2)c2ccccc2-c2cc(N(c3ccc4c(c3)c(-c3ccccc3)c(-c3ccccc3)c3ccccc34)c3ccccc3-c3ccccc3)ccc21. The molecule has 0 aromatic heterocycles. The Hall–Kier alpha value is -7.48. The summed E-state index contributed by atoms with van der Waals surface area (Å²) in [5.41, 5.74) is 16.9. The molecule has 11 rings (SSSR count). The third-order valence-corrected chi connectivity index (χ3v) is 12.5. The molecule has 59 heavy (non-hydrogen) atoms. The molecule has 10 aromatic rings. The van der Waals surface area contributed by atoms with Gasteiger partial charge in [-0.15, -0.1) is 0 Å². The molecule has 1 nitrogen and oxygen atoms in total. The average molecular weight is 752 g/mol. The summed E-state index contributed by atoms with van der Waals surface area (Å²) in [6.45, 7) is 2.39. The van der Waals surface area contributed by atoms with E-state index in [4.69, 9.17) is 0 Å². The number of para-hydroxylation sites is 1. The van der Waals surface area contributed by atoms with E-state index < -0.39 is 0 Å². The first-order valence-corrected chi connectivity index (χ1v) is 20.5. The van der Waals surface area contributed by atoms with Crippen LogP contribution in [0.3, 0.4) is 0 Å². The van der Waals surface area contributed by atoms with Gasteiger partial charge in [0.25, 0.3) is 0 Å². The molecule has 1 aliphatic rings. The third-order valence-electron chi connectivity index (χ3n) is 12.5. The molecule has 0 bridgehead atoms. The van der Waals surface area contributed by atoms with Crippen molar-refractivity contribution in [2.75, 3.05) is 4.90 Å². The van der Waals surface area contributed by atoms with Crippen LogP contribution in [0.5, 0.6) is 0 Å². The van der Waals surface area contributed by atoms with Crippen LogP contribution < -0.4 is 4.90 Å². The predicted molar refractivity (Wildman–Crippen MR) is 250 cm³/mol. The van der Waals surface area contributed by atoms with Crippen molar-refractivity contribution < 1.29 is 0 Å². The van der Waals surface area contributed by atoms with Crippen molar-refractivity contribution in [3.63, 3.8) is 0 Å². The number of nitrogens with zero attached hydrogens (tertiary/aromatic N) is 1. The van der Waals surface area contributed by atoms with E-state index in [1.54, 1.807) is 0 Å². The number of fused-ring (bicyclic) bond motifs is 6. The first-order chi connectivity index (χ1) is 29.2. The highest BCUT2D eigenvalue weighted by Gasteiger charge is 2.41. The van der Waals surface area contributed by atoms with Crippen LogP contribution in [0.25, 0.3) is 66.1 Å². The lowest BCUT2D eigenvalue weighted by atomic mass is 9.74. The van der Waals surface area contributed by atoms with E-state index in [1.165, 1.54) is 82.7 Å². The van der Waals surface area contributed by atoms with Gasteiger partial charge in [0.2, 0.25) is 0 Å². The number of hydrogen-bond acceptors (Lipinski definition) is 1. The van der Waals surface area contributed by atoms with Gasteiger partial charge in [-0.1, -0.05) is 200 Å². The van der Waals surface area contributed by atoms with Crippen LogP contribution in [0.1, 0.15) is 23.6 Å². The van der Waals surface area contributed by atoms with Gasteiger partial charge >= 0.3 is 0 Å². The van der Waals surface area contributed by atoms with Crippen LogP contribution in [0, 0.1) is 0 Å². The molecule has 0 fully saturated rings. The first kappa shape index (κ1) is 34.7. The van der Waals surface area contributed by atoms with Gasteiger partial charge in [0.15, 0.2) is 0 Å². The van der Waals surface area contributed by atoms with E-state index in [1.807, 2.05) is 0 Å². The molecular formula is C58H41N. The monoisotopic (exact) mass is 751 g/mol. The number of hydrogen-bond donors (Lipinski definition) is 0. The first-order valence-electron chi connectivity index (χ1n) is 20.5. The molecule has 0 aliphatic heterocycles. The Labute approximate surface area is 346 Å². The van der Waals surface area contributed by atoms with Crippen LogP contribution in [0.4, 0.5) is 17.1 Å². The minimum Gasteiger partial charge on any atom is -0.310 e. The average Bonchev–Trinajstić information content (AvgIpc) is 3.57. The highest BCUT2D eigenvalue weighted by Crippen LogP contribution is 2.54. The van der Waals surface area contributed by atoms with E-state index in [0.29, 0.717) is 0 Å². The van der Waals surface area contributed by atoms with Gasteiger partial charge in [-0.2, -0.15) is 0 Å². The molecule has 0 heterocycles. The fraction of sp³-hybridized carbons (Fsp3) is 0.0345. The minimum atomic E-state index is -0.277. The fourth-order valence-electron chi connectivity index (χ4n) is 9.80. The number of benzene rings is 10. The van der Waals surface area contributed by atoms with E-state index >= 15 is 0 Å². The fourth-order valence-corrected chi connectivity index (χ4v) is 9.80. The summed E-state index contributed by atoms with van der Waals surface area (Å²) in [5.74, 6) is 0. The van der Waals surface area contributed by atoms with Crippen LogP contribution in [-0.2, 0) is 5.41 Å². The van der Waals surface area contributed by atoms with Gasteiger partial charge in [0, 0.05) is 22.4 Å². The van der Waals surface area contributed by atoms with Gasteiger partial charge in [-0.05, 0) is 114 Å². The largest absolute Gasteiger partial charge is 0.310 e. The summed E-state index contributed by atoms with van der Waals surface area (Å²) in [6, 6.07) is 84.6. The highest BCUT2D eigenvalue weighted by molar-refractivity contribution is 6.22. The molecule has 0 spiro atoms. The van der Waals surface area contributed by atoms with E-state index in [-0.39, 0.29) is 5.41 Å². The summed E-state index contributed by atoms with van der Waals surface area (Å²) >= 11 is 0. The van der Waals surface area contributed by atoms with E-state index in [9.17, 15) is 0 Å². The quantitative estimate of drug-likeness (QED) is 0.147. The van der Waals surface area contributed by atoms with Gasteiger partial charge in [0.05, 0.1) is 5.69 Å². The van der Waals surface area contributed by atoms with Gasteiger partial charge < -0.3 is 4.90 Å². The molecule has 1 unspecified atom stereocenters. The molecule has 0 radical (unpaired) electrons. The Bertz CT molecular complexity index is 3150. The zero-order chi connectivity index (χ0) is 39.3. The minimum absolute atomic E-state index is 0.277. The Kier molecular flexibility index (Phi) is 8.34. The zero-order valence-electron chi connectivity index (χ0n) is 32.9. The Morgan fingerprint density at radius 2 is 0.797 bits per heavy atom. The topological polar surface area (TPSA) is 3.24 Å². The van der Waals surface area contributed by atoms with Gasteiger partial charge in [-0.3, -0.25) is 0 Å². The van der Waals surface area contributed by atoms with Crippen molar-refractivity contribution in [2.24, 2.45) is 0 Å². The Morgan fingerprint density at radius 3 is 1.49 bits per heavy atom. The summed E-state index contributed by atoms with van der Waals surface area (Å²) in [7, 11) is 0. The zero-order valence-corrected chi connectivity index (χ0v) is 32.9. The highest BCUT2D eigenvalue weighted by atomic mass is 15.1. The number of rotatable bonds is 7. The lowest BCUT2D eigenvalue weighted by Crippen LogP contribution is -2.22. The van der Waals surface area contributed by atoms with Crippen LogP contribution >= 0.6 is 0 Å². The Balaban J connectivity index is 1.22. The molecule has 1 aliphatic carbocycles. The van der Waals surface area contributed by atoms with Crippen molar-refractivity contribution in [3.05, 3.63) is 247 Å². The van der Waals surface area contributed by atoms with Crippen molar-refractivity contribution in [3.8, 4) is 44.5 Å². The second-order valence-electron chi connectivity index (χ2n) is 15.7. The van der Waals surface area contributed by atoms with Crippen molar-refractivity contribution in [1.82, 2.24) is 0 Å². The lowest BCUT2D eigenvalue weighted by molar-refractivity contribution is 0.714. The van der Waals surface area contributed by atoms with Gasteiger partial charge in [-0.25, -0.2) is 0 Å². The summed E-state index contributed by atoms with van der Waals surface area (Å²) in [4.78, 5) is 2.48. The maximum absolute atomic E-state index is 2.48. The van der Waals surface area contributed by atoms with Crippen molar-refractivity contribution in [2.45, 2.75) is 12.3 Å². The molecular weight excluding hydrogens is 711 g/mol. The van der Waals surface area contributed by atoms with Gasteiger partial charge in [0.1, 0.15) is 0 Å². The summed E-state index contributed by atoms with van der Waals surface area (Å²) < 4.78 is 0. The van der Waals surface area contributed by atoms with E-state index in [2.05, 4.69) is 242 Å². The molecule has 10 aromatic carbocycles. The molecule has 1 heteroatoms. The lowest BCUT2D eigenvalue weighted by Gasteiger charge is -2.31. The normalized spacial score (nSPS) is 14.3. The van der Waals surface area contributed by atoms with Crippen LogP contribution in [0.2, 0.25) is 0 Å². The molecule has 278 valence electrons. The smallest absolute Gasteiger partial charge is 0.0540 e. The number of anilines is 3. The third kappa shape index (κ3) is 5.62. The maximum Gasteiger partial charge on any atom is 0.0540 e. The molecule has 0 N–H and O–H groups in total. The van der Waals surface area contributed by atoms with Crippen molar-refractivity contribution in [1.29, 1.82) is 0 Å². The second-order valence-corrected chi connectivity index (χ2v) is 15.7.